The van der Waals surface area contributed by atoms with Gasteiger partial charge in [-0.2, -0.15) is 0 Å². The summed E-state index contributed by atoms with van der Waals surface area (Å²) in [5, 5.41) is 12.0. The molecule has 0 saturated carbocycles. The van der Waals surface area contributed by atoms with Crippen LogP contribution in [0.5, 0.6) is 0 Å². The molecule has 5 rings (SSSR count). The number of hydrogen-bond donors (Lipinski definition) is 0. The van der Waals surface area contributed by atoms with E-state index in [0.717, 1.165) is 38.3 Å². The molecule has 2 aliphatic heterocycles. The van der Waals surface area contributed by atoms with Crippen molar-refractivity contribution in [3.63, 3.8) is 0 Å². The van der Waals surface area contributed by atoms with E-state index in [0.29, 0.717) is 30.0 Å². The van der Waals surface area contributed by atoms with Crippen LogP contribution in [0.1, 0.15) is 12.8 Å². The van der Waals surface area contributed by atoms with E-state index in [4.69, 9.17) is 11.3 Å². The van der Waals surface area contributed by atoms with Crippen molar-refractivity contribution >= 4 is 33.9 Å². The Bertz CT molecular complexity index is 1350. The van der Waals surface area contributed by atoms with Gasteiger partial charge in [0, 0.05) is 44.3 Å². The first-order chi connectivity index (χ1) is 17.0. The molecule has 0 atom stereocenters. The van der Waals surface area contributed by atoms with Gasteiger partial charge in [0.15, 0.2) is 5.69 Å². The lowest BCUT2D eigenvalue weighted by Crippen LogP contribution is -2.49. The Morgan fingerprint density at radius 2 is 1.91 bits per heavy atom. The maximum absolute atomic E-state index is 12.9. The molecule has 10 heteroatoms. The van der Waals surface area contributed by atoms with Crippen LogP contribution in [0.2, 0.25) is 0 Å². The van der Waals surface area contributed by atoms with Crippen molar-refractivity contribution in [2.24, 2.45) is 13.0 Å². The van der Waals surface area contributed by atoms with Crippen LogP contribution in [0, 0.1) is 22.6 Å². The van der Waals surface area contributed by atoms with E-state index >= 15 is 0 Å². The van der Waals surface area contributed by atoms with Crippen molar-refractivity contribution in [2.45, 2.75) is 18.9 Å². The Hall–Kier alpha value is -3.97. The van der Waals surface area contributed by atoms with E-state index < -0.39 is 16.2 Å². The van der Waals surface area contributed by atoms with Crippen molar-refractivity contribution in [1.82, 2.24) is 9.55 Å². The monoisotopic (exact) mass is 474 g/mol. The van der Waals surface area contributed by atoms with Gasteiger partial charge in [0.25, 0.3) is 5.82 Å². The molecule has 10 nitrogen and oxygen atoms in total. The standard InChI is InChI=1S/C25H26N6O4/c1-26-21-9-8-20-22(27-21)23(24(31(33)34)25(32)28(20)2)29-12-10-19(11-13-29)30(14-17-15-35-16-17)18-6-4-3-5-7-18/h3-9,17,19H,10-16H2,2H3. The number of aryl methyl sites for hydroxylation is 1. The molecule has 0 unspecified atom stereocenters. The molecular weight excluding hydrogens is 448 g/mol. The summed E-state index contributed by atoms with van der Waals surface area (Å²) >= 11 is 0. The normalized spacial score (nSPS) is 16.6. The van der Waals surface area contributed by atoms with Crippen molar-refractivity contribution in [3.05, 3.63) is 74.3 Å². The number of fused-ring (bicyclic) bond motifs is 1. The lowest BCUT2D eigenvalue weighted by molar-refractivity contribution is -0.385. The summed E-state index contributed by atoms with van der Waals surface area (Å²) in [6, 6.07) is 13.7. The highest BCUT2D eigenvalue weighted by Crippen LogP contribution is 2.36. The van der Waals surface area contributed by atoms with Gasteiger partial charge in [0.05, 0.1) is 23.7 Å². The second kappa shape index (κ2) is 9.35. The van der Waals surface area contributed by atoms with E-state index in [1.165, 1.54) is 17.7 Å². The molecule has 35 heavy (non-hydrogen) atoms. The maximum atomic E-state index is 12.9. The Balaban J connectivity index is 1.49. The second-order valence-corrected chi connectivity index (χ2v) is 9.08. The average Bonchev–Trinajstić information content (AvgIpc) is 2.85. The smallest absolute Gasteiger partial charge is 0.361 e. The van der Waals surface area contributed by atoms with Crippen molar-refractivity contribution in [3.8, 4) is 0 Å². The van der Waals surface area contributed by atoms with Gasteiger partial charge in [-0.05, 0) is 37.1 Å². The van der Waals surface area contributed by atoms with E-state index in [2.05, 4.69) is 26.9 Å². The number of hydrogen-bond acceptors (Lipinski definition) is 7. The van der Waals surface area contributed by atoms with Gasteiger partial charge >= 0.3 is 11.2 Å². The lowest BCUT2D eigenvalue weighted by atomic mass is 9.98. The summed E-state index contributed by atoms with van der Waals surface area (Å²) in [5.74, 6) is 0.631. The molecule has 0 radical (unpaired) electrons. The zero-order valence-electron chi connectivity index (χ0n) is 19.5. The number of rotatable bonds is 6. The molecule has 0 spiro atoms. The van der Waals surface area contributed by atoms with Gasteiger partial charge in [-0.1, -0.05) is 24.8 Å². The van der Waals surface area contributed by atoms with Crippen LogP contribution in [0.15, 0.2) is 47.3 Å². The van der Waals surface area contributed by atoms with Gasteiger partial charge in [-0.15, -0.1) is 4.98 Å². The summed E-state index contributed by atoms with van der Waals surface area (Å²) < 4.78 is 6.63. The molecule has 2 aromatic heterocycles. The predicted molar refractivity (Wildman–Crippen MR) is 133 cm³/mol. The maximum Gasteiger partial charge on any atom is 0.361 e. The number of nitro groups is 1. The second-order valence-electron chi connectivity index (χ2n) is 9.08. The van der Waals surface area contributed by atoms with E-state index in [1.807, 2.05) is 23.1 Å². The fourth-order valence-corrected chi connectivity index (χ4v) is 5.05. The predicted octanol–water partition coefficient (Wildman–Crippen LogP) is 3.51. The molecule has 0 amide bonds. The van der Waals surface area contributed by atoms with Gasteiger partial charge in [-0.3, -0.25) is 14.9 Å². The average molecular weight is 475 g/mol. The first-order valence-corrected chi connectivity index (χ1v) is 11.7. The number of piperidine rings is 1. The summed E-state index contributed by atoms with van der Waals surface area (Å²) in [6.07, 6.45) is 1.55. The topological polar surface area (TPSA) is 98.1 Å². The summed E-state index contributed by atoms with van der Waals surface area (Å²) in [6.45, 7) is 10.9. The zero-order valence-corrected chi connectivity index (χ0v) is 19.5. The third-order valence-corrected chi connectivity index (χ3v) is 6.94. The minimum atomic E-state index is -0.673. The molecule has 2 saturated heterocycles. The van der Waals surface area contributed by atoms with E-state index in [9.17, 15) is 14.9 Å². The molecule has 3 aromatic rings. The number of benzene rings is 1. The highest BCUT2D eigenvalue weighted by Gasteiger charge is 2.35. The molecule has 0 bridgehead atoms. The highest BCUT2D eigenvalue weighted by molar-refractivity contribution is 5.94. The van der Waals surface area contributed by atoms with Gasteiger partial charge in [-0.25, -0.2) is 0 Å². The molecule has 2 aliphatic rings. The summed E-state index contributed by atoms with van der Waals surface area (Å²) in [5.41, 5.74) is 1.01. The van der Waals surface area contributed by atoms with Crippen LogP contribution in [0.25, 0.3) is 15.9 Å². The van der Waals surface area contributed by atoms with Crippen molar-refractivity contribution in [1.29, 1.82) is 0 Å². The van der Waals surface area contributed by atoms with Crippen LogP contribution in [-0.4, -0.2) is 53.4 Å². The molecule has 180 valence electrons. The minimum Gasteiger partial charge on any atom is -0.381 e. The Morgan fingerprint density at radius 1 is 1.20 bits per heavy atom. The molecule has 2 fully saturated rings. The molecule has 0 aliphatic carbocycles. The largest absolute Gasteiger partial charge is 0.381 e. The highest BCUT2D eigenvalue weighted by atomic mass is 16.6. The number of pyridine rings is 2. The van der Waals surface area contributed by atoms with Gasteiger partial charge in [0.2, 0.25) is 5.52 Å². The lowest BCUT2D eigenvalue weighted by Gasteiger charge is -2.43. The molecule has 1 aromatic carbocycles. The fourth-order valence-electron chi connectivity index (χ4n) is 5.05. The summed E-state index contributed by atoms with van der Waals surface area (Å²) in [7, 11) is 1.49. The third-order valence-electron chi connectivity index (χ3n) is 6.94. The Kier molecular flexibility index (Phi) is 6.09. The third kappa shape index (κ3) is 4.19. The van der Waals surface area contributed by atoms with E-state index in [-0.39, 0.29) is 17.5 Å². The van der Waals surface area contributed by atoms with Gasteiger partial charge in [0.1, 0.15) is 0 Å². The first-order valence-electron chi connectivity index (χ1n) is 11.7. The van der Waals surface area contributed by atoms with Crippen LogP contribution in [0.4, 0.5) is 22.9 Å². The first kappa shape index (κ1) is 22.8. The van der Waals surface area contributed by atoms with Crippen molar-refractivity contribution in [2.75, 3.05) is 42.6 Å². The summed E-state index contributed by atoms with van der Waals surface area (Å²) in [4.78, 5) is 36.4. The number of para-hydroxylation sites is 1. The van der Waals surface area contributed by atoms with Gasteiger partial charge < -0.3 is 23.9 Å². The van der Waals surface area contributed by atoms with Crippen molar-refractivity contribution < 1.29 is 9.66 Å². The molecular formula is C25H26N6O4. The minimum absolute atomic E-state index is 0.138. The quantitative estimate of drug-likeness (QED) is 0.306. The number of ether oxygens (including phenoxy) is 1. The zero-order chi connectivity index (χ0) is 24.5. The molecule has 0 N–H and O–H groups in total. The fraction of sp³-hybridized carbons (Fsp3) is 0.400. The van der Waals surface area contributed by atoms with Crippen LogP contribution >= 0.6 is 0 Å². The SMILES string of the molecule is [C-]#[N+]c1ccc2c(n1)c(N1CCC(N(CC3COC3)c3ccccc3)CC1)c([N+](=O)[O-])c(=O)n2C. The van der Waals surface area contributed by atoms with Crippen LogP contribution < -0.4 is 15.4 Å². The molecule has 4 heterocycles. The number of nitrogens with zero attached hydrogens (tertiary/aromatic N) is 6. The number of anilines is 2. The van der Waals surface area contributed by atoms with Crippen LogP contribution in [0.3, 0.4) is 0 Å². The Morgan fingerprint density at radius 3 is 2.51 bits per heavy atom. The number of aromatic nitrogens is 2. The van der Waals surface area contributed by atoms with Crippen LogP contribution in [-0.2, 0) is 11.8 Å². The Labute approximate surface area is 202 Å². The van der Waals surface area contributed by atoms with E-state index in [1.54, 1.807) is 6.07 Å².